The summed E-state index contributed by atoms with van der Waals surface area (Å²) in [4.78, 5) is 10.8. The SMILES string of the molecule is O=C(Nc1cc(C(F)(F)F)ccc1Cl)Nc1cc(C(F)(F)F)c(Cl)cc1S(=O)(=O)[O-].[Na+]. The summed E-state index contributed by atoms with van der Waals surface area (Å²) >= 11 is 11.0. The number of benzene rings is 2. The molecule has 0 unspecified atom stereocenters. The molecule has 2 N–H and O–H groups in total. The molecule has 0 aliphatic carbocycles. The third kappa shape index (κ3) is 7.14. The van der Waals surface area contributed by atoms with E-state index in [1.54, 1.807) is 5.32 Å². The van der Waals surface area contributed by atoms with Crippen LogP contribution in [0.4, 0.5) is 42.5 Å². The quantitative estimate of drug-likeness (QED) is 0.370. The van der Waals surface area contributed by atoms with Crippen LogP contribution in [-0.2, 0) is 22.5 Å². The van der Waals surface area contributed by atoms with Crippen LogP contribution in [0.3, 0.4) is 0 Å². The van der Waals surface area contributed by atoms with Crippen LogP contribution < -0.4 is 40.2 Å². The fourth-order valence-electron chi connectivity index (χ4n) is 2.15. The van der Waals surface area contributed by atoms with Gasteiger partial charge < -0.3 is 15.2 Å². The number of rotatable bonds is 3. The Hall–Kier alpha value is -1.22. The third-order valence-electron chi connectivity index (χ3n) is 3.43. The second-order valence-electron chi connectivity index (χ2n) is 5.55. The van der Waals surface area contributed by atoms with Gasteiger partial charge in [0.2, 0.25) is 0 Å². The van der Waals surface area contributed by atoms with Crippen LogP contribution in [-0.4, -0.2) is 19.0 Å². The zero-order valence-electron chi connectivity index (χ0n) is 15.0. The van der Waals surface area contributed by atoms with E-state index >= 15 is 0 Å². The summed E-state index contributed by atoms with van der Waals surface area (Å²) in [5.41, 5.74) is -4.44. The maximum absolute atomic E-state index is 13.0. The number of halogens is 8. The molecule has 0 bridgehead atoms. The number of amides is 2. The molecule has 2 aromatic rings. The minimum absolute atomic E-state index is 0. The normalized spacial score (nSPS) is 12.2. The zero-order valence-corrected chi connectivity index (χ0v) is 19.3. The number of carbonyl (C=O) groups excluding carboxylic acids is 1. The maximum atomic E-state index is 13.0. The number of nitrogens with one attached hydrogen (secondary N) is 2. The Labute approximate surface area is 202 Å². The van der Waals surface area contributed by atoms with Gasteiger partial charge in [0.05, 0.1) is 37.4 Å². The van der Waals surface area contributed by atoms with E-state index in [9.17, 15) is 44.1 Å². The Morgan fingerprint density at radius 2 is 1.42 bits per heavy atom. The second-order valence-corrected chi connectivity index (χ2v) is 7.71. The molecule has 0 saturated carbocycles. The van der Waals surface area contributed by atoms with Crippen molar-refractivity contribution in [1.82, 2.24) is 0 Å². The zero-order chi connectivity index (χ0) is 23.1. The number of carbonyl (C=O) groups is 1. The predicted octanol–water partition coefficient (Wildman–Crippen LogP) is 2.58. The molecule has 2 aromatic carbocycles. The number of hydrogen-bond acceptors (Lipinski definition) is 4. The molecule has 0 heterocycles. The number of hydrogen-bond donors (Lipinski definition) is 2. The molecule has 164 valence electrons. The molecule has 0 saturated heterocycles. The fourth-order valence-corrected chi connectivity index (χ4v) is 3.29. The van der Waals surface area contributed by atoms with Gasteiger partial charge in [-0.15, -0.1) is 0 Å². The summed E-state index contributed by atoms with van der Waals surface area (Å²) in [7, 11) is -5.39. The van der Waals surface area contributed by atoms with E-state index in [4.69, 9.17) is 23.2 Å². The molecule has 0 aromatic heterocycles. The van der Waals surface area contributed by atoms with Gasteiger partial charge in [-0.05, 0) is 30.3 Å². The number of alkyl halides is 6. The summed E-state index contributed by atoms with van der Waals surface area (Å²) in [5, 5.41) is 2.01. The Morgan fingerprint density at radius 1 is 0.871 bits per heavy atom. The van der Waals surface area contributed by atoms with E-state index in [1.165, 1.54) is 0 Å². The second kappa shape index (κ2) is 9.73. The third-order valence-corrected chi connectivity index (χ3v) is 4.95. The van der Waals surface area contributed by atoms with E-state index in [0.29, 0.717) is 12.1 Å². The van der Waals surface area contributed by atoms with Crippen molar-refractivity contribution in [1.29, 1.82) is 0 Å². The van der Waals surface area contributed by atoms with E-state index < -0.39 is 60.9 Å². The average Bonchev–Trinajstić information content (AvgIpc) is 2.55. The van der Waals surface area contributed by atoms with Crippen LogP contribution in [0.25, 0.3) is 0 Å². The topological polar surface area (TPSA) is 98.3 Å². The summed E-state index contributed by atoms with van der Waals surface area (Å²) < 4.78 is 111. The molecule has 0 atom stereocenters. The smallest absolute Gasteiger partial charge is 0.744 e. The molecule has 31 heavy (non-hydrogen) atoms. The van der Waals surface area contributed by atoms with Gasteiger partial charge in [-0.25, -0.2) is 13.2 Å². The summed E-state index contributed by atoms with van der Waals surface area (Å²) in [5.74, 6) is 0. The molecule has 0 spiro atoms. The van der Waals surface area contributed by atoms with Gasteiger partial charge in [0, 0.05) is 0 Å². The van der Waals surface area contributed by atoms with E-state index in [-0.39, 0.29) is 46.7 Å². The van der Waals surface area contributed by atoms with Crippen molar-refractivity contribution in [2.75, 3.05) is 10.6 Å². The Morgan fingerprint density at radius 3 is 1.90 bits per heavy atom. The number of anilines is 2. The van der Waals surface area contributed by atoms with Crippen LogP contribution in [0, 0.1) is 0 Å². The summed E-state index contributed by atoms with van der Waals surface area (Å²) in [6.07, 6.45) is -9.86. The van der Waals surface area contributed by atoms with Crippen molar-refractivity contribution in [3.8, 4) is 0 Å². The van der Waals surface area contributed by atoms with Crippen LogP contribution in [0.5, 0.6) is 0 Å². The Balaban J connectivity index is 0.00000480. The molecular weight excluding hydrogens is 512 g/mol. The first kappa shape index (κ1) is 27.8. The van der Waals surface area contributed by atoms with Crippen molar-refractivity contribution >= 4 is 50.7 Å². The van der Waals surface area contributed by atoms with Gasteiger partial charge in [-0.2, -0.15) is 26.3 Å². The summed E-state index contributed by atoms with van der Waals surface area (Å²) in [6.45, 7) is 0. The predicted molar refractivity (Wildman–Crippen MR) is 93.5 cm³/mol. The molecule has 6 nitrogen and oxygen atoms in total. The molecule has 16 heteroatoms. The van der Waals surface area contributed by atoms with Gasteiger partial charge in [-0.3, -0.25) is 0 Å². The fraction of sp³-hybridized carbons (Fsp3) is 0.133. The van der Waals surface area contributed by atoms with E-state index in [0.717, 1.165) is 6.07 Å². The van der Waals surface area contributed by atoms with E-state index in [1.807, 2.05) is 5.32 Å². The molecule has 2 rings (SSSR count). The van der Waals surface area contributed by atoms with Gasteiger partial charge in [0.1, 0.15) is 10.1 Å². The standard InChI is InChI=1S/C15H8Cl2F6N2O4S.Na/c16-8-2-1-6(14(18,19)20)3-10(8)24-13(26)25-11-4-7(15(21,22)23)9(17)5-12(11)30(27,28)29;/h1-5H,(H2,24,25,26)(H,27,28,29);/q;+1/p-1. The minimum Gasteiger partial charge on any atom is -0.744 e. The van der Waals surface area contributed by atoms with Gasteiger partial charge in [0.15, 0.2) is 0 Å². The molecule has 2 amide bonds. The van der Waals surface area contributed by atoms with Gasteiger partial charge >= 0.3 is 47.9 Å². The molecule has 0 radical (unpaired) electrons. The van der Waals surface area contributed by atoms with E-state index in [2.05, 4.69) is 0 Å². The van der Waals surface area contributed by atoms with Crippen LogP contribution in [0.15, 0.2) is 35.2 Å². The maximum Gasteiger partial charge on any atom is 1.00 e. The average molecular weight is 519 g/mol. The van der Waals surface area contributed by atoms with Crippen LogP contribution in [0.2, 0.25) is 10.0 Å². The number of urea groups is 1. The van der Waals surface area contributed by atoms with Crippen molar-refractivity contribution in [2.45, 2.75) is 17.2 Å². The van der Waals surface area contributed by atoms with Crippen molar-refractivity contribution < 1.29 is 73.7 Å². The molecule has 0 fully saturated rings. The van der Waals surface area contributed by atoms with Crippen molar-refractivity contribution in [3.63, 3.8) is 0 Å². The minimum atomic E-state index is -5.39. The van der Waals surface area contributed by atoms with Crippen LogP contribution in [0.1, 0.15) is 11.1 Å². The van der Waals surface area contributed by atoms with Gasteiger partial charge in [0.25, 0.3) is 0 Å². The molecular formula is C15H7Cl2F6N2NaO4S. The first-order valence-electron chi connectivity index (χ1n) is 7.31. The largest absolute Gasteiger partial charge is 1.00 e. The van der Waals surface area contributed by atoms with Gasteiger partial charge in [-0.1, -0.05) is 23.2 Å². The molecule has 0 aliphatic rings. The Kier molecular flexibility index (Phi) is 8.73. The summed E-state index contributed by atoms with van der Waals surface area (Å²) in [6, 6.07) is 0.674. The monoisotopic (exact) mass is 518 g/mol. The first-order chi connectivity index (χ1) is 13.5. The van der Waals surface area contributed by atoms with Crippen molar-refractivity contribution in [3.05, 3.63) is 51.5 Å². The van der Waals surface area contributed by atoms with Crippen molar-refractivity contribution in [2.24, 2.45) is 0 Å². The Bertz CT molecular complexity index is 1110. The molecule has 0 aliphatic heterocycles. The first-order valence-corrected chi connectivity index (χ1v) is 9.48. The van der Waals surface area contributed by atoms with Crippen LogP contribution >= 0.6 is 23.2 Å².